The Morgan fingerprint density at radius 1 is 1.33 bits per heavy atom. The highest BCUT2D eigenvalue weighted by Crippen LogP contribution is 2.22. The molecule has 0 aliphatic rings. The quantitative estimate of drug-likeness (QED) is 0.907. The van der Waals surface area contributed by atoms with E-state index in [1.807, 2.05) is 19.1 Å². The lowest BCUT2D eigenvalue weighted by Crippen LogP contribution is -2.04. The standard InChI is InChI=1S/C13H13ClN2O2/c1-7-6-10(14)4-5-11(7)16-9(3)12(13(17)18)8(2)15-16/h4-6H,1-3H3,(H,17,18). The Bertz CT molecular complexity index is 632. The molecule has 0 spiro atoms. The molecule has 0 amide bonds. The van der Waals surface area contributed by atoms with Gasteiger partial charge in [-0.15, -0.1) is 0 Å². The van der Waals surface area contributed by atoms with Crippen LogP contribution < -0.4 is 0 Å². The van der Waals surface area contributed by atoms with Gasteiger partial charge in [0.05, 0.1) is 17.1 Å². The van der Waals surface area contributed by atoms with Crippen LogP contribution in [0.15, 0.2) is 18.2 Å². The first-order valence-electron chi connectivity index (χ1n) is 5.48. The molecule has 2 rings (SSSR count). The highest BCUT2D eigenvalue weighted by atomic mass is 35.5. The molecule has 1 aromatic carbocycles. The van der Waals surface area contributed by atoms with Gasteiger partial charge in [-0.05, 0) is 44.5 Å². The smallest absolute Gasteiger partial charge is 0.339 e. The molecule has 1 N–H and O–H groups in total. The van der Waals surface area contributed by atoms with E-state index in [0.717, 1.165) is 11.3 Å². The number of rotatable bonds is 2. The van der Waals surface area contributed by atoms with Crippen LogP contribution in [0.25, 0.3) is 5.69 Å². The van der Waals surface area contributed by atoms with E-state index in [2.05, 4.69) is 5.10 Å². The van der Waals surface area contributed by atoms with Gasteiger partial charge in [-0.25, -0.2) is 9.48 Å². The maximum Gasteiger partial charge on any atom is 0.339 e. The summed E-state index contributed by atoms with van der Waals surface area (Å²) in [5.74, 6) is -0.956. The van der Waals surface area contributed by atoms with E-state index in [9.17, 15) is 4.79 Å². The first kappa shape index (κ1) is 12.6. The van der Waals surface area contributed by atoms with Crippen LogP contribution in [0.4, 0.5) is 0 Å². The van der Waals surface area contributed by atoms with Gasteiger partial charge in [0.15, 0.2) is 0 Å². The second-order valence-corrected chi connectivity index (χ2v) is 4.63. The molecule has 5 heteroatoms. The predicted molar refractivity (Wildman–Crippen MR) is 69.7 cm³/mol. The number of halogens is 1. The molecule has 0 saturated carbocycles. The highest BCUT2D eigenvalue weighted by molar-refractivity contribution is 6.30. The van der Waals surface area contributed by atoms with Crippen molar-refractivity contribution in [2.75, 3.05) is 0 Å². The topological polar surface area (TPSA) is 55.1 Å². The number of aryl methyl sites for hydroxylation is 2. The SMILES string of the molecule is Cc1cc(Cl)ccc1-n1nc(C)c(C(=O)O)c1C. The Morgan fingerprint density at radius 3 is 2.50 bits per heavy atom. The van der Waals surface area contributed by atoms with Crippen LogP contribution in [0.5, 0.6) is 0 Å². The van der Waals surface area contributed by atoms with Crippen LogP contribution in [0.3, 0.4) is 0 Å². The largest absolute Gasteiger partial charge is 0.478 e. The van der Waals surface area contributed by atoms with Crippen molar-refractivity contribution in [2.24, 2.45) is 0 Å². The zero-order valence-electron chi connectivity index (χ0n) is 10.4. The fraction of sp³-hybridized carbons (Fsp3) is 0.231. The fourth-order valence-electron chi connectivity index (χ4n) is 2.04. The van der Waals surface area contributed by atoms with Gasteiger partial charge in [0.1, 0.15) is 5.56 Å². The van der Waals surface area contributed by atoms with Gasteiger partial charge in [0.2, 0.25) is 0 Å². The Morgan fingerprint density at radius 2 is 2.00 bits per heavy atom. The van der Waals surface area contributed by atoms with E-state index >= 15 is 0 Å². The van der Waals surface area contributed by atoms with Crippen LogP contribution in [-0.4, -0.2) is 20.9 Å². The summed E-state index contributed by atoms with van der Waals surface area (Å²) in [7, 11) is 0. The zero-order valence-corrected chi connectivity index (χ0v) is 11.1. The van der Waals surface area contributed by atoms with Crippen LogP contribution in [0.1, 0.15) is 27.3 Å². The lowest BCUT2D eigenvalue weighted by atomic mass is 10.2. The highest BCUT2D eigenvalue weighted by Gasteiger charge is 2.19. The van der Waals surface area contributed by atoms with Crippen LogP contribution in [0, 0.1) is 20.8 Å². The Labute approximate surface area is 110 Å². The monoisotopic (exact) mass is 264 g/mol. The van der Waals surface area contributed by atoms with E-state index in [-0.39, 0.29) is 5.56 Å². The minimum atomic E-state index is -0.956. The Balaban J connectivity index is 2.65. The third kappa shape index (κ3) is 1.99. The second-order valence-electron chi connectivity index (χ2n) is 4.19. The number of carbonyl (C=O) groups is 1. The van der Waals surface area contributed by atoms with Crippen molar-refractivity contribution in [3.63, 3.8) is 0 Å². The molecule has 0 fully saturated rings. The third-order valence-electron chi connectivity index (χ3n) is 2.89. The van der Waals surface area contributed by atoms with Gasteiger partial charge in [-0.2, -0.15) is 5.10 Å². The molecule has 4 nitrogen and oxygen atoms in total. The third-order valence-corrected chi connectivity index (χ3v) is 3.13. The predicted octanol–water partition coefficient (Wildman–Crippen LogP) is 3.15. The molecular formula is C13H13ClN2O2. The maximum atomic E-state index is 11.2. The van der Waals surface area contributed by atoms with Crippen molar-refractivity contribution in [1.82, 2.24) is 9.78 Å². The van der Waals surface area contributed by atoms with Crippen molar-refractivity contribution in [1.29, 1.82) is 0 Å². The van der Waals surface area contributed by atoms with Crippen molar-refractivity contribution in [2.45, 2.75) is 20.8 Å². The minimum Gasteiger partial charge on any atom is -0.478 e. The van der Waals surface area contributed by atoms with Crippen molar-refractivity contribution < 1.29 is 9.90 Å². The summed E-state index contributed by atoms with van der Waals surface area (Å²) in [6, 6.07) is 5.43. The van der Waals surface area contributed by atoms with Gasteiger partial charge in [0, 0.05) is 5.02 Å². The first-order valence-corrected chi connectivity index (χ1v) is 5.85. The molecule has 94 valence electrons. The summed E-state index contributed by atoms with van der Waals surface area (Å²) in [5, 5.41) is 14.1. The van der Waals surface area contributed by atoms with E-state index in [1.54, 1.807) is 24.6 Å². The van der Waals surface area contributed by atoms with Crippen molar-refractivity contribution >= 4 is 17.6 Å². The van der Waals surface area contributed by atoms with E-state index < -0.39 is 5.97 Å². The van der Waals surface area contributed by atoms with Gasteiger partial charge in [-0.1, -0.05) is 11.6 Å². The maximum absolute atomic E-state index is 11.2. The number of carboxylic acids is 1. The minimum absolute atomic E-state index is 0.254. The Kier molecular flexibility index (Phi) is 3.13. The lowest BCUT2D eigenvalue weighted by molar-refractivity contribution is 0.0695. The first-order chi connectivity index (χ1) is 8.41. The molecule has 0 bridgehead atoms. The molecule has 18 heavy (non-hydrogen) atoms. The summed E-state index contributed by atoms with van der Waals surface area (Å²) in [6.07, 6.45) is 0. The van der Waals surface area contributed by atoms with E-state index in [1.165, 1.54) is 0 Å². The van der Waals surface area contributed by atoms with Crippen molar-refractivity contribution in [3.8, 4) is 5.69 Å². The van der Waals surface area contributed by atoms with E-state index in [4.69, 9.17) is 16.7 Å². The Hall–Kier alpha value is -1.81. The van der Waals surface area contributed by atoms with E-state index in [0.29, 0.717) is 16.4 Å². The number of hydrogen-bond acceptors (Lipinski definition) is 2. The number of hydrogen-bond donors (Lipinski definition) is 1. The average Bonchev–Trinajstić information content (AvgIpc) is 2.54. The molecule has 0 radical (unpaired) electrons. The number of aromatic carboxylic acids is 1. The van der Waals surface area contributed by atoms with Crippen LogP contribution in [-0.2, 0) is 0 Å². The molecule has 1 heterocycles. The van der Waals surface area contributed by atoms with Crippen LogP contribution in [0.2, 0.25) is 5.02 Å². The summed E-state index contributed by atoms with van der Waals surface area (Å²) < 4.78 is 1.64. The zero-order chi connectivity index (χ0) is 13.4. The van der Waals surface area contributed by atoms with Gasteiger partial charge >= 0.3 is 5.97 Å². The molecule has 0 aliphatic carbocycles. The summed E-state index contributed by atoms with van der Waals surface area (Å²) in [6.45, 7) is 5.35. The summed E-state index contributed by atoms with van der Waals surface area (Å²) in [4.78, 5) is 11.2. The average molecular weight is 265 g/mol. The lowest BCUT2D eigenvalue weighted by Gasteiger charge is -2.08. The molecule has 0 atom stereocenters. The number of aromatic nitrogens is 2. The normalized spacial score (nSPS) is 10.7. The number of benzene rings is 1. The summed E-state index contributed by atoms with van der Waals surface area (Å²) in [5.41, 5.74) is 3.17. The number of carboxylic acid groups (broad SMARTS) is 1. The number of nitrogens with zero attached hydrogens (tertiary/aromatic N) is 2. The van der Waals surface area contributed by atoms with Gasteiger partial charge in [-0.3, -0.25) is 0 Å². The molecular weight excluding hydrogens is 252 g/mol. The van der Waals surface area contributed by atoms with Gasteiger partial charge in [0.25, 0.3) is 0 Å². The second kappa shape index (κ2) is 4.46. The van der Waals surface area contributed by atoms with Crippen molar-refractivity contribution in [3.05, 3.63) is 45.7 Å². The molecule has 0 aliphatic heterocycles. The molecule has 1 aromatic heterocycles. The fourth-order valence-corrected chi connectivity index (χ4v) is 2.27. The molecule has 0 unspecified atom stereocenters. The van der Waals surface area contributed by atoms with Crippen LogP contribution >= 0.6 is 11.6 Å². The van der Waals surface area contributed by atoms with Gasteiger partial charge < -0.3 is 5.11 Å². The molecule has 0 saturated heterocycles. The molecule has 2 aromatic rings. The summed E-state index contributed by atoms with van der Waals surface area (Å²) >= 11 is 5.91.